The molecule has 0 unspecified atom stereocenters. The van der Waals surface area contributed by atoms with Crippen molar-refractivity contribution in [2.45, 2.75) is 13.3 Å². The maximum absolute atomic E-state index is 11.6. The number of hydrogen-bond acceptors (Lipinski definition) is 3. The molecule has 3 N–H and O–H groups in total. The van der Waals surface area contributed by atoms with E-state index in [9.17, 15) is 9.59 Å². The van der Waals surface area contributed by atoms with Crippen LogP contribution in [0.3, 0.4) is 0 Å². The van der Waals surface area contributed by atoms with Crippen molar-refractivity contribution < 1.29 is 9.59 Å². The van der Waals surface area contributed by atoms with E-state index in [1.807, 2.05) is 6.92 Å². The average molecular weight is 284 g/mol. The van der Waals surface area contributed by atoms with Gasteiger partial charge in [0.05, 0.1) is 6.54 Å². The van der Waals surface area contributed by atoms with Crippen LogP contribution in [0.4, 0.5) is 5.69 Å². The SMILES string of the molecule is CCNC(=O)CCNCC(=O)Nc1ccc(Cl)cc1. The van der Waals surface area contributed by atoms with Gasteiger partial charge in [0.1, 0.15) is 0 Å². The van der Waals surface area contributed by atoms with Crippen LogP contribution in [-0.2, 0) is 9.59 Å². The molecule has 5 nitrogen and oxygen atoms in total. The molecule has 0 bridgehead atoms. The predicted octanol–water partition coefficient (Wildman–Crippen LogP) is 1.39. The third-order valence-corrected chi connectivity index (χ3v) is 2.57. The molecule has 0 fully saturated rings. The van der Waals surface area contributed by atoms with E-state index in [0.717, 1.165) is 0 Å². The smallest absolute Gasteiger partial charge is 0.238 e. The van der Waals surface area contributed by atoms with Crippen molar-refractivity contribution in [3.8, 4) is 0 Å². The summed E-state index contributed by atoms with van der Waals surface area (Å²) in [7, 11) is 0. The summed E-state index contributed by atoms with van der Waals surface area (Å²) in [5.41, 5.74) is 0.694. The summed E-state index contributed by atoms with van der Waals surface area (Å²) < 4.78 is 0. The zero-order valence-electron chi connectivity index (χ0n) is 10.8. The third-order valence-electron chi connectivity index (χ3n) is 2.32. The van der Waals surface area contributed by atoms with Crippen molar-refractivity contribution in [1.29, 1.82) is 0 Å². The minimum absolute atomic E-state index is 0.0203. The second-order valence-electron chi connectivity index (χ2n) is 3.94. The van der Waals surface area contributed by atoms with Gasteiger partial charge in [-0.1, -0.05) is 11.6 Å². The topological polar surface area (TPSA) is 70.2 Å². The monoisotopic (exact) mass is 283 g/mol. The molecular formula is C13H18ClN3O2. The van der Waals surface area contributed by atoms with E-state index < -0.39 is 0 Å². The van der Waals surface area contributed by atoms with E-state index in [0.29, 0.717) is 30.2 Å². The fraction of sp³-hybridized carbons (Fsp3) is 0.385. The van der Waals surface area contributed by atoms with Crippen molar-refractivity contribution in [3.63, 3.8) is 0 Å². The number of benzene rings is 1. The molecule has 0 aliphatic rings. The highest BCUT2D eigenvalue weighted by atomic mass is 35.5. The molecule has 6 heteroatoms. The minimum Gasteiger partial charge on any atom is -0.356 e. The van der Waals surface area contributed by atoms with E-state index in [1.165, 1.54) is 0 Å². The van der Waals surface area contributed by atoms with Gasteiger partial charge in [-0.2, -0.15) is 0 Å². The summed E-state index contributed by atoms with van der Waals surface area (Å²) in [6, 6.07) is 6.88. The van der Waals surface area contributed by atoms with Crippen molar-refractivity contribution in [2.24, 2.45) is 0 Å². The Hall–Kier alpha value is -1.59. The zero-order valence-corrected chi connectivity index (χ0v) is 11.6. The van der Waals surface area contributed by atoms with Crippen molar-refractivity contribution in [1.82, 2.24) is 10.6 Å². The molecule has 104 valence electrons. The summed E-state index contributed by atoms with van der Waals surface area (Å²) >= 11 is 5.74. The first kappa shape index (κ1) is 15.5. The zero-order chi connectivity index (χ0) is 14.1. The predicted molar refractivity (Wildman–Crippen MR) is 76.3 cm³/mol. The third kappa shape index (κ3) is 6.79. The van der Waals surface area contributed by atoms with Crippen LogP contribution in [0.1, 0.15) is 13.3 Å². The van der Waals surface area contributed by atoms with Crippen LogP contribution in [0.25, 0.3) is 0 Å². The number of rotatable bonds is 7. The fourth-order valence-corrected chi connectivity index (χ4v) is 1.55. The van der Waals surface area contributed by atoms with E-state index in [2.05, 4.69) is 16.0 Å². The van der Waals surface area contributed by atoms with Crippen LogP contribution >= 0.6 is 11.6 Å². The molecule has 0 heterocycles. The molecule has 1 aromatic carbocycles. The van der Waals surface area contributed by atoms with Crippen molar-refractivity contribution >= 4 is 29.1 Å². The number of halogens is 1. The Morgan fingerprint density at radius 2 is 1.84 bits per heavy atom. The van der Waals surface area contributed by atoms with E-state index in [-0.39, 0.29) is 18.4 Å². The van der Waals surface area contributed by atoms with Crippen LogP contribution in [0.15, 0.2) is 24.3 Å². The van der Waals surface area contributed by atoms with Gasteiger partial charge in [0.2, 0.25) is 11.8 Å². The maximum atomic E-state index is 11.6. The van der Waals surface area contributed by atoms with E-state index >= 15 is 0 Å². The van der Waals surface area contributed by atoms with Crippen LogP contribution in [0, 0.1) is 0 Å². The standard InChI is InChI=1S/C13H18ClN3O2/c1-2-16-12(18)7-8-15-9-13(19)17-11-5-3-10(14)4-6-11/h3-6,15H,2,7-9H2,1H3,(H,16,18)(H,17,19). The summed E-state index contributed by atoms with van der Waals surface area (Å²) in [6.07, 6.45) is 0.363. The number of carbonyl (C=O) groups excluding carboxylic acids is 2. The van der Waals surface area contributed by atoms with Crippen molar-refractivity contribution in [2.75, 3.05) is 25.0 Å². The molecule has 0 aromatic heterocycles. The first-order valence-corrected chi connectivity index (χ1v) is 6.52. The van der Waals surface area contributed by atoms with Gasteiger partial charge in [0.25, 0.3) is 0 Å². The van der Waals surface area contributed by atoms with Gasteiger partial charge in [0.15, 0.2) is 0 Å². The number of carbonyl (C=O) groups is 2. The fourth-order valence-electron chi connectivity index (χ4n) is 1.43. The normalized spacial score (nSPS) is 10.0. The molecule has 0 saturated heterocycles. The molecule has 2 amide bonds. The highest BCUT2D eigenvalue weighted by molar-refractivity contribution is 6.30. The van der Waals surface area contributed by atoms with Gasteiger partial charge >= 0.3 is 0 Å². The van der Waals surface area contributed by atoms with Crippen molar-refractivity contribution in [3.05, 3.63) is 29.3 Å². The first-order valence-electron chi connectivity index (χ1n) is 6.14. The van der Waals surface area contributed by atoms with Crippen LogP contribution in [-0.4, -0.2) is 31.4 Å². The lowest BCUT2D eigenvalue weighted by molar-refractivity contribution is -0.121. The van der Waals surface area contributed by atoms with Gasteiger partial charge in [-0.25, -0.2) is 0 Å². The largest absolute Gasteiger partial charge is 0.356 e. The van der Waals surface area contributed by atoms with Crippen LogP contribution in [0.5, 0.6) is 0 Å². The Kier molecular flexibility index (Phi) is 6.92. The molecule has 1 aromatic rings. The quantitative estimate of drug-likeness (QED) is 0.663. The molecule has 0 saturated carbocycles. The Morgan fingerprint density at radius 1 is 1.16 bits per heavy atom. The van der Waals surface area contributed by atoms with Gasteiger partial charge in [0, 0.05) is 30.2 Å². The van der Waals surface area contributed by atoms with Gasteiger partial charge in [-0.15, -0.1) is 0 Å². The molecule has 0 aliphatic carbocycles. The van der Waals surface area contributed by atoms with E-state index in [4.69, 9.17) is 11.6 Å². The van der Waals surface area contributed by atoms with Gasteiger partial charge in [-0.05, 0) is 31.2 Å². The first-order chi connectivity index (χ1) is 9.11. The molecule has 19 heavy (non-hydrogen) atoms. The summed E-state index contributed by atoms with van der Waals surface area (Å²) in [6.45, 7) is 3.13. The molecule has 0 radical (unpaired) electrons. The second kappa shape index (κ2) is 8.50. The molecule has 0 spiro atoms. The lowest BCUT2D eigenvalue weighted by Crippen LogP contribution is -2.32. The highest BCUT2D eigenvalue weighted by Gasteiger charge is 2.03. The Balaban J connectivity index is 2.18. The van der Waals surface area contributed by atoms with Gasteiger partial charge < -0.3 is 16.0 Å². The lowest BCUT2D eigenvalue weighted by atomic mass is 10.3. The number of hydrogen-bond donors (Lipinski definition) is 3. The number of anilines is 1. The summed E-state index contributed by atoms with van der Waals surface area (Å²) in [4.78, 5) is 22.7. The number of nitrogens with one attached hydrogen (secondary N) is 3. The molecular weight excluding hydrogens is 266 g/mol. The highest BCUT2D eigenvalue weighted by Crippen LogP contribution is 2.12. The molecule has 0 aliphatic heterocycles. The molecule has 0 atom stereocenters. The number of amides is 2. The lowest BCUT2D eigenvalue weighted by Gasteiger charge is -2.07. The Morgan fingerprint density at radius 3 is 2.47 bits per heavy atom. The Bertz CT molecular complexity index is 420. The minimum atomic E-state index is -0.154. The second-order valence-corrected chi connectivity index (χ2v) is 4.37. The van der Waals surface area contributed by atoms with Crippen LogP contribution < -0.4 is 16.0 Å². The van der Waals surface area contributed by atoms with Gasteiger partial charge in [-0.3, -0.25) is 9.59 Å². The van der Waals surface area contributed by atoms with E-state index in [1.54, 1.807) is 24.3 Å². The average Bonchev–Trinajstić information content (AvgIpc) is 2.38. The van der Waals surface area contributed by atoms with Crippen LogP contribution in [0.2, 0.25) is 5.02 Å². The summed E-state index contributed by atoms with van der Waals surface area (Å²) in [5, 5.41) is 8.94. The molecule has 1 rings (SSSR count). The summed E-state index contributed by atoms with van der Waals surface area (Å²) in [5.74, 6) is -0.175. The maximum Gasteiger partial charge on any atom is 0.238 e. The Labute approximate surface area is 117 Å².